The number of halogens is 2. The van der Waals surface area contributed by atoms with Gasteiger partial charge in [-0.2, -0.15) is 0 Å². The number of carbonyl (C=O) groups is 1. The predicted octanol–water partition coefficient (Wildman–Crippen LogP) is 3.49. The molecule has 2 nitrogen and oxygen atoms in total. The third-order valence-corrected chi connectivity index (χ3v) is 3.34. The summed E-state index contributed by atoms with van der Waals surface area (Å²) in [7, 11) is 0. The Kier molecular flexibility index (Phi) is 4.86. The zero-order chi connectivity index (χ0) is 11.4. The molecule has 0 aliphatic carbocycles. The van der Waals surface area contributed by atoms with E-state index >= 15 is 0 Å². The van der Waals surface area contributed by atoms with E-state index < -0.39 is 5.97 Å². The van der Waals surface area contributed by atoms with Crippen LogP contribution >= 0.6 is 47.2 Å². The van der Waals surface area contributed by atoms with Gasteiger partial charge in [0.25, 0.3) is 0 Å². The number of benzene rings is 1. The van der Waals surface area contributed by atoms with Gasteiger partial charge in [0.05, 0.1) is 9.95 Å². The van der Waals surface area contributed by atoms with Crippen LogP contribution in [0.5, 0.6) is 0 Å². The molecule has 0 heterocycles. The van der Waals surface area contributed by atoms with Crippen molar-refractivity contribution in [1.82, 2.24) is 0 Å². The van der Waals surface area contributed by atoms with Crippen LogP contribution in [0.25, 0.3) is 0 Å². The van der Waals surface area contributed by atoms with Gasteiger partial charge in [-0.1, -0.05) is 35.4 Å². The van der Waals surface area contributed by atoms with Gasteiger partial charge in [-0.3, -0.25) is 4.79 Å². The van der Waals surface area contributed by atoms with E-state index in [2.05, 4.69) is 0 Å². The van der Waals surface area contributed by atoms with Crippen molar-refractivity contribution in [2.24, 2.45) is 0 Å². The van der Waals surface area contributed by atoms with E-state index in [0.29, 0.717) is 19.8 Å². The maximum absolute atomic E-state index is 10.3. The highest BCUT2D eigenvalue weighted by Gasteiger charge is 2.07. The van der Waals surface area contributed by atoms with E-state index in [1.165, 1.54) is 0 Å². The van der Waals surface area contributed by atoms with E-state index in [1.807, 2.05) is 0 Å². The Morgan fingerprint density at radius 3 is 2.33 bits per heavy atom. The molecule has 0 aromatic heterocycles. The summed E-state index contributed by atoms with van der Waals surface area (Å²) in [5, 5.41) is 9.45. The van der Waals surface area contributed by atoms with Crippen molar-refractivity contribution in [3.05, 3.63) is 33.8 Å². The minimum absolute atomic E-state index is 0.0665. The molecule has 0 saturated carbocycles. The first-order valence-electron chi connectivity index (χ1n) is 3.84. The van der Waals surface area contributed by atoms with Crippen molar-refractivity contribution in [1.29, 1.82) is 0 Å². The number of carboxylic acids is 1. The molecule has 0 unspecified atom stereocenters. The molecule has 0 fully saturated rings. The lowest BCUT2D eigenvalue weighted by Gasteiger charge is -2.03. The van der Waals surface area contributed by atoms with Crippen LogP contribution < -0.4 is 0 Å². The van der Waals surface area contributed by atoms with Crippen molar-refractivity contribution in [3.8, 4) is 0 Å². The second-order valence-electron chi connectivity index (χ2n) is 2.63. The minimum Gasteiger partial charge on any atom is -0.481 e. The van der Waals surface area contributed by atoms with Gasteiger partial charge in [0, 0.05) is 15.6 Å². The number of thiocarbonyl (C=S) groups is 1. The highest BCUT2D eigenvalue weighted by Crippen LogP contribution is 2.23. The lowest BCUT2D eigenvalue weighted by molar-refractivity contribution is -0.133. The summed E-state index contributed by atoms with van der Waals surface area (Å²) in [5.41, 5.74) is 0.675. The second kappa shape index (κ2) is 5.70. The Morgan fingerprint density at radius 1 is 1.33 bits per heavy atom. The third kappa shape index (κ3) is 4.38. The van der Waals surface area contributed by atoms with E-state index in [-0.39, 0.29) is 5.75 Å². The van der Waals surface area contributed by atoms with Crippen molar-refractivity contribution in [3.63, 3.8) is 0 Å². The fraction of sp³-hybridized carbons (Fsp3) is 0.111. The Bertz CT molecular complexity index is 387. The van der Waals surface area contributed by atoms with Gasteiger partial charge >= 0.3 is 5.97 Å². The number of hydrogen-bond donors (Lipinski definition) is 1. The summed E-state index contributed by atoms with van der Waals surface area (Å²) in [6, 6.07) is 4.91. The summed E-state index contributed by atoms with van der Waals surface area (Å²) < 4.78 is 0.474. The maximum Gasteiger partial charge on any atom is 0.313 e. The topological polar surface area (TPSA) is 37.3 Å². The van der Waals surface area contributed by atoms with Crippen LogP contribution in [0.4, 0.5) is 0 Å². The zero-order valence-corrected chi connectivity index (χ0v) is 10.5. The van der Waals surface area contributed by atoms with Gasteiger partial charge in [-0.15, -0.1) is 11.8 Å². The minimum atomic E-state index is -0.907. The van der Waals surface area contributed by atoms with Crippen LogP contribution in [-0.4, -0.2) is 21.0 Å². The van der Waals surface area contributed by atoms with E-state index in [0.717, 1.165) is 11.8 Å². The number of rotatable bonds is 3. The van der Waals surface area contributed by atoms with E-state index in [4.69, 9.17) is 40.5 Å². The monoisotopic (exact) mass is 280 g/mol. The molecule has 0 spiro atoms. The fourth-order valence-electron chi connectivity index (χ4n) is 0.882. The average molecular weight is 281 g/mol. The van der Waals surface area contributed by atoms with E-state index in [1.54, 1.807) is 18.2 Å². The fourth-order valence-corrected chi connectivity index (χ4v) is 2.24. The van der Waals surface area contributed by atoms with Crippen LogP contribution in [0, 0.1) is 0 Å². The van der Waals surface area contributed by atoms with Crippen LogP contribution in [0.1, 0.15) is 5.56 Å². The summed E-state index contributed by atoms with van der Waals surface area (Å²) >= 11 is 17.7. The molecule has 1 aromatic carbocycles. The molecule has 6 heteroatoms. The smallest absolute Gasteiger partial charge is 0.313 e. The van der Waals surface area contributed by atoms with Crippen molar-refractivity contribution in [2.75, 3.05) is 5.75 Å². The third-order valence-electron chi connectivity index (χ3n) is 1.42. The first kappa shape index (κ1) is 12.8. The molecule has 0 atom stereocenters. The quantitative estimate of drug-likeness (QED) is 0.861. The highest BCUT2D eigenvalue weighted by molar-refractivity contribution is 8.24. The molecule has 1 rings (SSSR count). The second-order valence-corrected chi connectivity index (χ2v) is 5.15. The molecular formula is C9H6Cl2O2S2. The molecule has 0 saturated heterocycles. The van der Waals surface area contributed by atoms with Crippen LogP contribution in [0.2, 0.25) is 10.0 Å². The standard InChI is InChI=1S/C9H6Cl2O2S2/c10-6-1-5(2-7(11)3-6)9(14)15-4-8(12)13/h1-3H,4H2,(H,12,13). The first-order chi connectivity index (χ1) is 6.99. The van der Waals surface area contributed by atoms with Gasteiger partial charge in [-0.05, 0) is 18.2 Å². The molecule has 1 aromatic rings. The number of thioether (sulfide) groups is 1. The highest BCUT2D eigenvalue weighted by atomic mass is 35.5. The summed E-state index contributed by atoms with van der Waals surface area (Å²) in [4.78, 5) is 10.3. The number of aliphatic carboxylic acids is 1. The van der Waals surface area contributed by atoms with Gasteiger partial charge in [0.15, 0.2) is 0 Å². The van der Waals surface area contributed by atoms with Gasteiger partial charge in [-0.25, -0.2) is 0 Å². The molecule has 1 N–H and O–H groups in total. The molecule has 0 aliphatic rings. The maximum atomic E-state index is 10.3. The predicted molar refractivity (Wildman–Crippen MR) is 68.3 cm³/mol. The Labute approximate surface area is 107 Å². The number of hydrogen-bond acceptors (Lipinski definition) is 3. The Morgan fingerprint density at radius 2 is 1.87 bits per heavy atom. The zero-order valence-electron chi connectivity index (χ0n) is 7.37. The Hall–Kier alpha value is -0.290. The van der Waals surface area contributed by atoms with Gasteiger partial charge in [0.1, 0.15) is 0 Å². The normalized spacial score (nSPS) is 10.0. The molecular weight excluding hydrogens is 275 g/mol. The first-order valence-corrected chi connectivity index (χ1v) is 5.99. The summed E-state index contributed by atoms with van der Waals surface area (Å²) in [6.07, 6.45) is 0. The largest absolute Gasteiger partial charge is 0.481 e. The molecule has 0 aliphatic heterocycles. The molecule has 15 heavy (non-hydrogen) atoms. The van der Waals surface area contributed by atoms with Crippen LogP contribution in [0.3, 0.4) is 0 Å². The van der Waals surface area contributed by atoms with Crippen molar-refractivity contribution >= 4 is 57.3 Å². The molecule has 0 amide bonds. The summed E-state index contributed by atoms with van der Waals surface area (Å²) in [6.45, 7) is 0. The van der Waals surface area contributed by atoms with Crippen LogP contribution in [0.15, 0.2) is 18.2 Å². The average Bonchev–Trinajstić information content (AvgIpc) is 2.12. The lowest BCUT2D eigenvalue weighted by Crippen LogP contribution is -2.02. The lowest BCUT2D eigenvalue weighted by atomic mass is 10.2. The molecule has 0 radical (unpaired) electrons. The summed E-state index contributed by atoms with van der Waals surface area (Å²) in [5.74, 6) is -0.973. The van der Waals surface area contributed by atoms with E-state index in [9.17, 15) is 4.79 Å². The number of carboxylic acid groups (broad SMARTS) is 1. The van der Waals surface area contributed by atoms with Gasteiger partial charge in [0.2, 0.25) is 0 Å². The van der Waals surface area contributed by atoms with Crippen molar-refractivity contribution in [2.45, 2.75) is 0 Å². The molecule has 80 valence electrons. The Balaban J connectivity index is 2.77. The van der Waals surface area contributed by atoms with Gasteiger partial charge < -0.3 is 5.11 Å². The SMILES string of the molecule is O=C(O)CSC(=S)c1cc(Cl)cc(Cl)c1. The van der Waals surface area contributed by atoms with Crippen LogP contribution in [-0.2, 0) is 4.79 Å². The van der Waals surface area contributed by atoms with Crippen molar-refractivity contribution < 1.29 is 9.90 Å². The molecule has 0 bridgehead atoms.